The van der Waals surface area contributed by atoms with Crippen LogP contribution in [0.3, 0.4) is 0 Å². The average Bonchev–Trinajstić information content (AvgIpc) is 3.37. The molecule has 0 aromatic heterocycles. The molecule has 0 saturated carbocycles. The highest BCUT2D eigenvalue weighted by Crippen LogP contribution is 2.22. The molecule has 1 heterocycles. The van der Waals surface area contributed by atoms with E-state index in [9.17, 15) is 19.2 Å². The number of methoxy groups -OCH3 is 1. The van der Waals surface area contributed by atoms with Gasteiger partial charge in [0.25, 0.3) is 5.91 Å². The van der Waals surface area contributed by atoms with Crippen molar-refractivity contribution in [3.63, 3.8) is 0 Å². The predicted octanol–water partition coefficient (Wildman–Crippen LogP) is 2.95. The van der Waals surface area contributed by atoms with Crippen LogP contribution in [0.1, 0.15) is 55.1 Å². The van der Waals surface area contributed by atoms with Gasteiger partial charge in [-0.25, -0.2) is 4.79 Å². The first-order valence-electron chi connectivity index (χ1n) is 12.3. The minimum absolute atomic E-state index is 0.0873. The number of ether oxygens (including phenoxy) is 2. The van der Waals surface area contributed by atoms with Crippen LogP contribution in [0.15, 0.2) is 48.5 Å². The van der Waals surface area contributed by atoms with Gasteiger partial charge in [0.15, 0.2) is 0 Å². The molecule has 0 bridgehead atoms. The second-order valence-electron chi connectivity index (χ2n) is 9.92. The van der Waals surface area contributed by atoms with Crippen LogP contribution in [0.4, 0.5) is 4.79 Å². The molecule has 0 spiro atoms. The number of alkyl carbamates (subject to hydrolysis) is 1. The molecule has 200 valence electrons. The first kappa shape index (κ1) is 28.2. The summed E-state index contributed by atoms with van der Waals surface area (Å²) in [5.74, 6) is -1.63. The Morgan fingerprint density at radius 1 is 1.13 bits per heavy atom. The Morgan fingerprint density at radius 3 is 2.47 bits per heavy atom. The fourth-order valence-corrected chi connectivity index (χ4v) is 4.21. The summed E-state index contributed by atoms with van der Waals surface area (Å²) in [6.45, 7) is 5.47. The molecule has 2 aromatic carbocycles. The lowest BCUT2D eigenvalue weighted by Gasteiger charge is -2.29. The van der Waals surface area contributed by atoms with Crippen molar-refractivity contribution in [2.45, 2.75) is 57.7 Å². The number of benzene rings is 2. The number of nitrogens with one attached hydrogen (secondary N) is 2. The monoisotopic (exact) mass is 520 g/mol. The van der Waals surface area contributed by atoms with Gasteiger partial charge in [-0.1, -0.05) is 30.3 Å². The van der Waals surface area contributed by atoms with Crippen LogP contribution in [-0.4, -0.2) is 60.1 Å². The smallest absolute Gasteiger partial charge is 0.408 e. The molecule has 3 rings (SSSR count). The average molecular weight is 521 g/mol. The van der Waals surface area contributed by atoms with Crippen molar-refractivity contribution in [1.29, 1.82) is 5.26 Å². The van der Waals surface area contributed by atoms with Crippen LogP contribution < -0.4 is 15.4 Å². The Balaban J connectivity index is 1.77. The molecule has 10 heteroatoms. The Bertz CT molecular complexity index is 1230. The maximum Gasteiger partial charge on any atom is 0.408 e. The highest BCUT2D eigenvalue weighted by atomic mass is 16.6. The Hall–Kier alpha value is -4.39. The number of amides is 4. The molecule has 0 aliphatic carbocycles. The van der Waals surface area contributed by atoms with E-state index >= 15 is 0 Å². The molecule has 1 aliphatic rings. The molecule has 2 atom stereocenters. The first-order valence-corrected chi connectivity index (χ1v) is 12.3. The van der Waals surface area contributed by atoms with Crippen LogP contribution in [0, 0.1) is 11.3 Å². The highest BCUT2D eigenvalue weighted by Gasteiger charge is 2.39. The highest BCUT2D eigenvalue weighted by molar-refractivity contribution is 6.08. The number of likely N-dealkylation sites (tertiary alicyclic amines) is 1. The third-order valence-electron chi connectivity index (χ3n) is 5.92. The number of carbonyl (C=O) groups is 4. The number of rotatable bonds is 7. The summed E-state index contributed by atoms with van der Waals surface area (Å²) < 4.78 is 10.6. The molecule has 2 aromatic rings. The third-order valence-corrected chi connectivity index (χ3v) is 5.92. The molecule has 1 saturated heterocycles. The molecule has 1 aliphatic heterocycles. The number of nitriles is 1. The van der Waals surface area contributed by atoms with E-state index in [1.54, 1.807) is 20.8 Å². The topological polar surface area (TPSA) is 138 Å². The Morgan fingerprint density at radius 2 is 1.84 bits per heavy atom. The minimum atomic E-state index is -0.977. The number of nitrogens with zero attached hydrogens (tertiary/aromatic N) is 2. The summed E-state index contributed by atoms with van der Waals surface area (Å²) in [6, 6.07) is 13.5. The van der Waals surface area contributed by atoms with E-state index in [2.05, 4.69) is 10.6 Å². The summed E-state index contributed by atoms with van der Waals surface area (Å²) in [4.78, 5) is 53.5. The van der Waals surface area contributed by atoms with Crippen molar-refractivity contribution in [2.24, 2.45) is 0 Å². The maximum atomic E-state index is 13.6. The van der Waals surface area contributed by atoms with Gasteiger partial charge in [-0.2, -0.15) is 5.26 Å². The van der Waals surface area contributed by atoms with Crippen molar-refractivity contribution >= 4 is 23.8 Å². The van der Waals surface area contributed by atoms with Gasteiger partial charge < -0.3 is 19.7 Å². The molecule has 38 heavy (non-hydrogen) atoms. The van der Waals surface area contributed by atoms with Crippen molar-refractivity contribution in [3.05, 3.63) is 65.2 Å². The summed E-state index contributed by atoms with van der Waals surface area (Å²) >= 11 is 0. The number of imide groups is 1. The van der Waals surface area contributed by atoms with Crippen LogP contribution in [-0.2, 0) is 20.7 Å². The Kier molecular flexibility index (Phi) is 9.07. The lowest BCUT2D eigenvalue weighted by molar-refractivity contribution is -0.139. The molecule has 0 unspecified atom stereocenters. The molecular weight excluding hydrogens is 488 g/mol. The number of carbonyl (C=O) groups excluding carboxylic acids is 4. The third kappa shape index (κ3) is 7.32. The zero-order chi connectivity index (χ0) is 27.9. The zero-order valence-electron chi connectivity index (χ0n) is 21.9. The molecule has 0 radical (unpaired) electrons. The molecular formula is C28H32N4O6. The van der Waals surface area contributed by atoms with Crippen molar-refractivity contribution in [2.75, 3.05) is 13.7 Å². The number of hydrogen-bond donors (Lipinski definition) is 2. The van der Waals surface area contributed by atoms with Crippen LogP contribution in [0.25, 0.3) is 0 Å². The maximum absolute atomic E-state index is 13.6. The molecule has 10 nitrogen and oxygen atoms in total. The van der Waals surface area contributed by atoms with E-state index in [-0.39, 0.29) is 17.7 Å². The number of hydrogen-bond acceptors (Lipinski definition) is 7. The van der Waals surface area contributed by atoms with Gasteiger partial charge >= 0.3 is 6.09 Å². The van der Waals surface area contributed by atoms with E-state index in [1.807, 2.05) is 36.4 Å². The minimum Gasteiger partial charge on any atom is -0.496 e. The van der Waals surface area contributed by atoms with E-state index < -0.39 is 41.5 Å². The summed E-state index contributed by atoms with van der Waals surface area (Å²) in [6.07, 6.45) is 0.378. The summed E-state index contributed by atoms with van der Waals surface area (Å²) in [7, 11) is 1.36. The quantitative estimate of drug-likeness (QED) is 0.535. The van der Waals surface area contributed by atoms with Gasteiger partial charge in [0.1, 0.15) is 23.4 Å². The fourth-order valence-electron chi connectivity index (χ4n) is 4.21. The van der Waals surface area contributed by atoms with Crippen LogP contribution in [0.2, 0.25) is 0 Å². The van der Waals surface area contributed by atoms with Gasteiger partial charge in [0.2, 0.25) is 11.8 Å². The van der Waals surface area contributed by atoms with Crippen molar-refractivity contribution in [1.82, 2.24) is 15.5 Å². The van der Waals surface area contributed by atoms with Crippen molar-refractivity contribution < 1.29 is 28.7 Å². The van der Waals surface area contributed by atoms with Gasteiger partial charge in [-0.05, 0) is 57.4 Å². The van der Waals surface area contributed by atoms with Crippen molar-refractivity contribution in [3.8, 4) is 11.8 Å². The second-order valence-corrected chi connectivity index (χ2v) is 9.92. The normalized spacial score (nSPS) is 15.7. The van der Waals surface area contributed by atoms with Gasteiger partial charge in [0, 0.05) is 13.0 Å². The van der Waals surface area contributed by atoms with Gasteiger partial charge in [0.05, 0.1) is 24.3 Å². The van der Waals surface area contributed by atoms with E-state index in [4.69, 9.17) is 14.7 Å². The lowest BCUT2D eigenvalue weighted by Crippen LogP contribution is -2.55. The molecule has 1 fully saturated rings. The van der Waals surface area contributed by atoms with Gasteiger partial charge in [-0.15, -0.1) is 0 Å². The standard InChI is InChI=1S/C28H32N4O6/c1-28(2,3)38-27(36)30-21(15-18-9-6-5-7-10-18)26(35)32-14-8-11-22(32)25(34)31-24(33)20-13-12-19(17-29)16-23(20)37-4/h5-7,9-10,12-13,16,21-22H,8,11,14-15H2,1-4H3,(H,30,36)(H,31,33,34)/t21-,22-/m0/s1. The predicted molar refractivity (Wildman–Crippen MR) is 138 cm³/mol. The fraction of sp³-hybridized carbons (Fsp3) is 0.393. The largest absolute Gasteiger partial charge is 0.496 e. The Labute approximate surface area is 221 Å². The van der Waals surface area contributed by atoms with E-state index in [1.165, 1.54) is 30.2 Å². The molecule has 2 N–H and O–H groups in total. The first-order chi connectivity index (χ1) is 18.0. The summed E-state index contributed by atoms with van der Waals surface area (Å²) in [5.41, 5.74) is 0.460. The zero-order valence-corrected chi connectivity index (χ0v) is 21.9. The van der Waals surface area contributed by atoms with E-state index in [0.717, 1.165) is 5.56 Å². The van der Waals surface area contributed by atoms with Crippen LogP contribution >= 0.6 is 0 Å². The van der Waals surface area contributed by atoms with Crippen LogP contribution in [0.5, 0.6) is 5.75 Å². The second kappa shape index (κ2) is 12.2. The summed E-state index contributed by atoms with van der Waals surface area (Å²) in [5, 5.41) is 14.1. The molecule has 4 amide bonds. The van der Waals surface area contributed by atoms with E-state index in [0.29, 0.717) is 24.9 Å². The van der Waals surface area contributed by atoms with Gasteiger partial charge in [-0.3, -0.25) is 19.7 Å². The lowest BCUT2D eigenvalue weighted by atomic mass is 10.0. The SMILES string of the molecule is COc1cc(C#N)ccc1C(=O)NC(=O)[C@@H]1CCCN1C(=O)[C@H](Cc1ccccc1)NC(=O)OC(C)(C)C.